The van der Waals surface area contributed by atoms with Crippen molar-refractivity contribution in [1.29, 1.82) is 0 Å². The summed E-state index contributed by atoms with van der Waals surface area (Å²) < 4.78 is 11.5. The predicted molar refractivity (Wildman–Crippen MR) is 87.6 cm³/mol. The molecule has 126 valence electrons. The molecule has 0 radical (unpaired) electrons. The minimum absolute atomic E-state index is 0.239. The molecule has 1 aliphatic rings. The second-order valence-electron chi connectivity index (χ2n) is 5.38. The van der Waals surface area contributed by atoms with E-state index in [0.29, 0.717) is 19.4 Å². The van der Waals surface area contributed by atoms with Gasteiger partial charge in [-0.3, -0.25) is 4.79 Å². The van der Waals surface area contributed by atoms with Gasteiger partial charge >= 0.3 is 5.97 Å². The van der Waals surface area contributed by atoms with Crippen LogP contribution in [0.1, 0.15) is 24.8 Å². The van der Waals surface area contributed by atoms with Crippen LogP contribution in [0.3, 0.4) is 0 Å². The fourth-order valence-corrected chi connectivity index (χ4v) is 2.88. The topological polar surface area (TPSA) is 84.9 Å². The van der Waals surface area contributed by atoms with E-state index in [2.05, 4.69) is 21.2 Å². The summed E-state index contributed by atoms with van der Waals surface area (Å²) >= 11 is 3.40. The van der Waals surface area contributed by atoms with E-state index < -0.39 is 18.2 Å². The maximum atomic E-state index is 11.9. The molecule has 2 N–H and O–H groups in total. The number of benzene rings is 1. The SMILES string of the molecule is COc1cc(Br)ccc1CCCNC(=O)[C@@H]1CC[C@H](C(=O)O)O1. The third kappa shape index (κ3) is 4.94. The molecule has 1 aliphatic heterocycles. The number of aliphatic carboxylic acids is 1. The van der Waals surface area contributed by atoms with Gasteiger partial charge in [-0.05, 0) is 43.4 Å². The summed E-state index contributed by atoms with van der Waals surface area (Å²) in [6.45, 7) is 0.510. The monoisotopic (exact) mass is 385 g/mol. The lowest BCUT2D eigenvalue weighted by atomic mass is 10.1. The average molecular weight is 386 g/mol. The predicted octanol–water partition coefficient (Wildman–Crippen LogP) is 2.14. The van der Waals surface area contributed by atoms with Gasteiger partial charge < -0.3 is 19.9 Å². The smallest absolute Gasteiger partial charge is 0.332 e. The molecule has 1 aromatic rings. The van der Waals surface area contributed by atoms with Crippen molar-refractivity contribution in [3.63, 3.8) is 0 Å². The third-order valence-electron chi connectivity index (χ3n) is 3.76. The van der Waals surface area contributed by atoms with E-state index in [1.807, 2.05) is 18.2 Å². The average Bonchev–Trinajstić information content (AvgIpc) is 3.02. The van der Waals surface area contributed by atoms with Gasteiger partial charge in [-0.1, -0.05) is 22.0 Å². The van der Waals surface area contributed by atoms with E-state index in [1.165, 1.54) is 0 Å². The number of ether oxygens (including phenoxy) is 2. The van der Waals surface area contributed by atoms with Crippen molar-refractivity contribution < 1.29 is 24.2 Å². The summed E-state index contributed by atoms with van der Waals surface area (Å²) in [7, 11) is 1.63. The number of carboxylic acids is 1. The molecule has 1 amide bonds. The molecule has 6 nitrogen and oxygen atoms in total. The summed E-state index contributed by atoms with van der Waals surface area (Å²) in [6, 6.07) is 5.85. The lowest BCUT2D eigenvalue weighted by molar-refractivity contribution is -0.151. The van der Waals surface area contributed by atoms with Gasteiger partial charge in [0.1, 0.15) is 11.9 Å². The number of nitrogens with one attached hydrogen (secondary N) is 1. The molecule has 23 heavy (non-hydrogen) atoms. The molecule has 0 aliphatic carbocycles. The molecule has 0 unspecified atom stereocenters. The summed E-state index contributed by atoms with van der Waals surface area (Å²) in [5.74, 6) is -0.437. The van der Waals surface area contributed by atoms with E-state index >= 15 is 0 Å². The van der Waals surface area contributed by atoms with Crippen LogP contribution in [-0.2, 0) is 20.7 Å². The first-order valence-electron chi connectivity index (χ1n) is 7.49. The van der Waals surface area contributed by atoms with E-state index in [9.17, 15) is 9.59 Å². The Morgan fingerprint density at radius 1 is 1.39 bits per heavy atom. The summed E-state index contributed by atoms with van der Waals surface area (Å²) in [6.07, 6.45) is 0.849. The highest BCUT2D eigenvalue weighted by molar-refractivity contribution is 9.10. The highest BCUT2D eigenvalue weighted by Gasteiger charge is 2.34. The molecule has 7 heteroatoms. The number of hydrogen-bond donors (Lipinski definition) is 2. The van der Waals surface area contributed by atoms with E-state index in [-0.39, 0.29) is 5.91 Å². The molecule has 1 aromatic carbocycles. The molecular formula is C16H20BrNO5. The van der Waals surface area contributed by atoms with Gasteiger partial charge in [0, 0.05) is 11.0 Å². The van der Waals surface area contributed by atoms with Crippen molar-refractivity contribution in [3.05, 3.63) is 28.2 Å². The highest BCUT2D eigenvalue weighted by Crippen LogP contribution is 2.24. The number of halogens is 1. The Morgan fingerprint density at radius 3 is 2.78 bits per heavy atom. The lowest BCUT2D eigenvalue weighted by Crippen LogP contribution is -2.36. The minimum Gasteiger partial charge on any atom is -0.496 e. The maximum Gasteiger partial charge on any atom is 0.332 e. The standard InChI is InChI=1S/C16H20BrNO5/c1-22-14-9-11(17)5-4-10(14)3-2-8-18-15(19)12-6-7-13(23-12)16(20)21/h4-5,9,12-13H,2-3,6-8H2,1H3,(H,18,19)(H,20,21)/t12-,13+/m0/s1. The van der Waals surface area contributed by atoms with Crippen molar-refractivity contribution in [2.75, 3.05) is 13.7 Å². The Bertz CT molecular complexity index is 578. The third-order valence-corrected chi connectivity index (χ3v) is 4.25. The van der Waals surface area contributed by atoms with Gasteiger partial charge in [-0.2, -0.15) is 0 Å². The Hall–Kier alpha value is -1.60. The van der Waals surface area contributed by atoms with Gasteiger partial charge in [0.15, 0.2) is 6.10 Å². The van der Waals surface area contributed by atoms with Gasteiger partial charge in [0.05, 0.1) is 7.11 Å². The number of carbonyl (C=O) groups is 2. The number of hydrogen-bond acceptors (Lipinski definition) is 4. The first kappa shape index (κ1) is 17.7. The van der Waals surface area contributed by atoms with Crippen LogP contribution in [0.4, 0.5) is 0 Å². The summed E-state index contributed by atoms with van der Waals surface area (Å²) in [4.78, 5) is 22.7. The molecule has 1 heterocycles. The van der Waals surface area contributed by atoms with Crippen LogP contribution < -0.4 is 10.1 Å². The lowest BCUT2D eigenvalue weighted by Gasteiger charge is -2.12. The van der Waals surface area contributed by atoms with E-state index in [0.717, 1.165) is 28.6 Å². The first-order valence-corrected chi connectivity index (χ1v) is 8.29. The summed E-state index contributed by atoms with van der Waals surface area (Å²) in [5.41, 5.74) is 1.08. The molecule has 2 rings (SSSR count). The van der Waals surface area contributed by atoms with Crippen LogP contribution in [0.2, 0.25) is 0 Å². The zero-order chi connectivity index (χ0) is 16.8. The zero-order valence-corrected chi connectivity index (χ0v) is 14.5. The second kappa shape index (κ2) is 8.31. The van der Waals surface area contributed by atoms with E-state index in [4.69, 9.17) is 14.6 Å². The fraction of sp³-hybridized carbons (Fsp3) is 0.500. The molecule has 1 fully saturated rings. The number of methoxy groups -OCH3 is 1. The van der Waals surface area contributed by atoms with Crippen LogP contribution >= 0.6 is 15.9 Å². The van der Waals surface area contributed by atoms with Crippen molar-refractivity contribution >= 4 is 27.8 Å². The number of aryl methyl sites for hydroxylation is 1. The molecule has 1 saturated heterocycles. The highest BCUT2D eigenvalue weighted by atomic mass is 79.9. The molecule has 0 spiro atoms. The molecule has 0 saturated carbocycles. The number of carbonyl (C=O) groups excluding carboxylic acids is 1. The van der Waals surface area contributed by atoms with E-state index in [1.54, 1.807) is 7.11 Å². The largest absolute Gasteiger partial charge is 0.496 e. The van der Waals surface area contributed by atoms with Crippen molar-refractivity contribution in [2.45, 2.75) is 37.9 Å². The maximum absolute atomic E-state index is 11.9. The first-order chi connectivity index (χ1) is 11.0. The van der Waals surface area contributed by atoms with Crippen molar-refractivity contribution in [1.82, 2.24) is 5.32 Å². The fourth-order valence-electron chi connectivity index (χ4n) is 2.54. The van der Waals surface area contributed by atoms with Crippen molar-refractivity contribution in [3.8, 4) is 5.75 Å². The molecule has 2 atom stereocenters. The molecule has 0 bridgehead atoms. The van der Waals surface area contributed by atoms with Crippen LogP contribution in [0.5, 0.6) is 5.75 Å². The van der Waals surface area contributed by atoms with Crippen LogP contribution in [0.15, 0.2) is 22.7 Å². The second-order valence-corrected chi connectivity index (χ2v) is 6.30. The normalized spacial score (nSPS) is 20.3. The van der Waals surface area contributed by atoms with Crippen LogP contribution in [-0.4, -0.2) is 42.8 Å². The number of amides is 1. The van der Waals surface area contributed by atoms with Crippen LogP contribution in [0, 0.1) is 0 Å². The van der Waals surface area contributed by atoms with Gasteiger partial charge in [0.2, 0.25) is 5.91 Å². The van der Waals surface area contributed by atoms with Crippen LogP contribution in [0.25, 0.3) is 0 Å². The summed E-state index contributed by atoms with van der Waals surface area (Å²) in [5, 5.41) is 11.6. The molecule has 0 aromatic heterocycles. The zero-order valence-electron chi connectivity index (χ0n) is 12.9. The Balaban J connectivity index is 1.73. The minimum atomic E-state index is -1.01. The Morgan fingerprint density at radius 2 is 2.13 bits per heavy atom. The van der Waals surface area contributed by atoms with Crippen molar-refractivity contribution in [2.24, 2.45) is 0 Å². The Kier molecular flexibility index (Phi) is 6.41. The quantitative estimate of drug-likeness (QED) is 0.702. The Labute approximate surface area is 143 Å². The molecular weight excluding hydrogens is 366 g/mol. The van der Waals surface area contributed by atoms with Gasteiger partial charge in [0.25, 0.3) is 0 Å². The number of rotatable bonds is 7. The number of carboxylic acid groups (broad SMARTS) is 1. The van der Waals surface area contributed by atoms with Gasteiger partial charge in [-0.25, -0.2) is 4.79 Å². The van der Waals surface area contributed by atoms with Gasteiger partial charge in [-0.15, -0.1) is 0 Å².